The number of nitrogens with zero attached hydrogens (tertiary/aromatic N) is 4. The molecule has 0 saturated carbocycles. The van der Waals surface area contributed by atoms with Gasteiger partial charge in [-0.2, -0.15) is 0 Å². The van der Waals surface area contributed by atoms with Crippen LogP contribution in [0.1, 0.15) is 41.4 Å². The standard InChI is InChI=1S/C46H32N4O/c1-45(27-12-3-13-28-45)44-49-42(30-15-4-2-5-16-30)48-43(50-44)31-25-26-39(47-29-31)34-19-14-23-38-41(34)51-40-24-11-10-22-37(40)46(38)35-20-8-6-17-32(35)33-18-7-9-21-36(33)46/h2-27,29H,28H2,1H3. The molecular weight excluding hydrogens is 625 g/mol. The highest BCUT2D eigenvalue weighted by Gasteiger charge is 2.51. The van der Waals surface area contributed by atoms with Gasteiger partial charge in [-0.1, -0.05) is 133 Å². The molecule has 0 radical (unpaired) electrons. The zero-order chi connectivity index (χ0) is 34.0. The van der Waals surface area contributed by atoms with Gasteiger partial charge in [-0.05, 0) is 59.9 Å². The van der Waals surface area contributed by atoms with Gasteiger partial charge >= 0.3 is 0 Å². The number of para-hydroxylation sites is 2. The molecule has 0 bridgehead atoms. The maximum atomic E-state index is 6.87. The number of hydrogen-bond acceptors (Lipinski definition) is 5. The van der Waals surface area contributed by atoms with Gasteiger partial charge in [0.25, 0.3) is 0 Å². The minimum Gasteiger partial charge on any atom is -0.456 e. The van der Waals surface area contributed by atoms with Gasteiger partial charge in [0.1, 0.15) is 17.3 Å². The van der Waals surface area contributed by atoms with E-state index in [0.29, 0.717) is 11.6 Å². The van der Waals surface area contributed by atoms with E-state index in [1.807, 2.05) is 42.6 Å². The van der Waals surface area contributed by atoms with Crippen LogP contribution in [0.25, 0.3) is 45.2 Å². The Morgan fingerprint density at radius 2 is 1.20 bits per heavy atom. The van der Waals surface area contributed by atoms with Crippen molar-refractivity contribution in [2.24, 2.45) is 0 Å². The molecule has 0 amide bonds. The fourth-order valence-corrected chi connectivity index (χ4v) is 8.14. The maximum absolute atomic E-state index is 6.87. The summed E-state index contributed by atoms with van der Waals surface area (Å²) in [6, 6.07) is 46.7. The highest BCUT2D eigenvalue weighted by molar-refractivity contribution is 5.90. The topological polar surface area (TPSA) is 60.8 Å². The lowest BCUT2D eigenvalue weighted by molar-refractivity contribution is 0.438. The first-order valence-corrected chi connectivity index (χ1v) is 17.4. The van der Waals surface area contributed by atoms with Crippen LogP contribution in [0.15, 0.2) is 164 Å². The molecule has 10 rings (SSSR count). The Balaban J connectivity index is 1.12. The van der Waals surface area contributed by atoms with Crippen molar-refractivity contribution in [1.29, 1.82) is 0 Å². The van der Waals surface area contributed by atoms with Gasteiger partial charge in [0.2, 0.25) is 0 Å². The number of benzene rings is 5. The van der Waals surface area contributed by atoms with Crippen molar-refractivity contribution in [2.45, 2.75) is 24.2 Å². The van der Waals surface area contributed by atoms with E-state index in [4.69, 9.17) is 24.7 Å². The second-order valence-electron chi connectivity index (χ2n) is 13.6. The molecule has 51 heavy (non-hydrogen) atoms. The predicted molar refractivity (Wildman–Crippen MR) is 202 cm³/mol. The van der Waals surface area contributed by atoms with Crippen molar-refractivity contribution in [3.8, 4) is 56.7 Å². The molecule has 3 heterocycles. The predicted octanol–water partition coefficient (Wildman–Crippen LogP) is 10.5. The van der Waals surface area contributed by atoms with E-state index in [9.17, 15) is 0 Å². The number of ether oxygens (including phenoxy) is 1. The first-order valence-electron chi connectivity index (χ1n) is 17.4. The van der Waals surface area contributed by atoms with Gasteiger partial charge in [-0.25, -0.2) is 15.0 Å². The highest BCUT2D eigenvalue weighted by Crippen LogP contribution is 2.63. The van der Waals surface area contributed by atoms with Crippen molar-refractivity contribution >= 4 is 0 Å². The van der Waals surface area contributed by atoms with Crippen LogP contribution in [0.4, 0.5) is 0 Å². The van der Waals surface area contributed by atoms with Crippen LogP contribution in [-0.4, -0.2) is 19.9 Å². The number of hydrogen-bond donors (Lipinski definition) is 0. The third-order valence-corrected chi connectivity index (χ3v) is 10.6. The summed E-state index contributed by atoms with van der Waals surface area (Å²) in [6.45, 7) is 2.17. The summed E-state index contributed by atoms with van der Waals surface area (Å²) >= 11 is 0. The molecule has 0 fully saturated rings. The van der Waals surface area contributed by atoms with E-state index in [0.717, 1.165) is 57.3 Å². The molecule has 2 aromatic heterocycles. The summed E-state index contributed by atoms with van der Waals surface area (Å²) in [6.07, 6.45) is 11.2. The maximum Gasteiger partial charge on any atom is 0.165 e. The van der Waals surface area contributed by atoms with E-state index in [-0.39, 0.29) is 5.41 Å². The molecule has 2 aliphatic carbocycles. The molecule has 7 aromatic rings. The van der Waals surface area contributed by atoms with Crippen LogP contribution in [0.3, 0.4) is 0 Å². The Hall–Kier alpha value is -6.46. The van der Waals surface area contributed by atoms with E-state index in [1.165, 1.54) is 22.3 Å². The Kier molecular flexibility index (Phi) is 6.52. The molecule has 1 spiro atoms. The Labute approximate surface area is 296 Å². The number of allylic oxidation sites excluding steroid dienone is 4. The summed E-state index contributed by atoms with van der Waals surface area (Å²) in [5, 5.41) is 0. The van der Waals surface area contributed by atoms with Gasteiger partial charge < -0.3 is 4.74 Å². The van der Waals surface area contributed by atoms with Gasteiger partial charge in [0.05, 0.1) is 11.1 Å². The summed E-state index contributed by atoms with van der Waals surface area (Å²) in [5.74, 6) is 3.66. The zero-order valence-electron chi connectivity index (χ0n) is 28.0. The first kappa shape index (κ1) is 29.5. The Morgan fingerprint density at radius 3 is 1.90 bits per heavy atom. The van der Waals surface area contributed by atoms with Crippen molar-refractivity contribution in [3.63, 3.8) is 0 Å². The summed E-state index contributed by atoms with van der Waals surface area (Å²) < 4.78 is 6.87. The fourth-order valence-electron chi connectivity index (χ4n) is 8.14. The third kappa shape index (κ3) is 4.41. The largest absolute Gasteiger partial charge is 0.456 e. The smallest absolute Gasteiger partial charge is 0.165 e. The van der Waals surface area contributed by atoms with Crippen molar-refractivity contribution in [2.75, 3.05) is 0 Å². The van der Waals surface area contributed by atoms with Crippen LogP contribution in [0.5, 0.6) is 11.5 Å². The minimum absolute atomic E-state index is 0.340. The second kappa shape index (κ2) is 11.3. The average molecular weight is 657 g/mol. The van der Waals surface area contributed by atoms with E-state index < -0.39 is 5.41 Å². The number of rotatable bonds is 4. The number of pyridine rings is 1. The molecule has 5 nitrogen and oxygen atoms in total. The van der Waals surface area contributed by atoms with E-state index >= 15 is 0 Å². The van der Waals surface area contributed by atoms with E-state index in [2.05, 4.69) is 128 Å². The monoisotopic (exact) mass is 656 g/mol. The molecule has 1 unspecified atom stereocenters. The number of fused-ring (bicyclic) bond motifs is 9. The average Bonchev–Trinajstić information content (AvgIpc) is 3.49. The fraction of sp³-hybridized carbons (Fsp3) is 0.0870. The Morgan fingerprint density at radius 1 is 0.549 bits per heavy atom. The van der Waals surface area contributed by atoms with Gasteiger partial charge in [0, 0.05) is 39.4 Å². The van der Waals surface area contributed by atoms with Crippen LogP contribution in [-0.2, 0) is 10.8 Å². The highest BCUT2D eigenvalue weighted by atomic mass is 16.5. The summed E-state index contributed by atoms with van der Waals surface area (Å²) in [4.78, 5) is 20.0. The third-order valence-electron chi connectivity index (χ3n) is 10.6. The lowest BCUT2D eigenvalue weighted by Crippen LogP contribution is -2.32. The van der Waals surface area contributed by atoms with Crippen molar-refractivity contribution in [1.82, 2.24) is 19.9 Å². The molecule has 242 valence electrons. The second-order valence-corrected chi connectivity index (χ2v) is 13.6. The lowest BCUT2D eigenvalue weighted by atomic mass is 9.65. The first-order chi connectivity index (χ1) is 25.1. The molecule has 3 aliphatic rings. The molecule has 1 atom stereocenters. The number of aromatic nitrogens is 4. The minimum atomic E-state index is -0.526. The molecule has 5 aromatic carbocycles. The summed E-state index contributed by atoms with van der Waals surface area (Å²) in [7, 11) is 0. The normalized spacial score (nSPS) is 17.3. The molecule has 5 heteroatoms. The van der Waals surface area contributed by atoms with Crippen LogP contribution in [0, 0.1) is 0 Å². The Bertz CT molecular complexity index is 2510. The van der Waals surface area contributed by atoms with Crippen LogP contribution >= 0.6 is 0 Å². The summed E-state index contributed by atoms with van der Waals surface area (Å²) in [5.41, 5.74) is 9.94. The van der Waals surface area contributed by atoms with Gasteiger partial charge in [-0.15, -0.1) is 0 Å². The molecular formula is C46H32N4O. The quantitative estimate of drug-likeness (QED) is 0.189. The van der Waals surface area contributed by atoms with E-state index in [1.54, 1.807) is 0 Å². The van der Waals surface area contributed by atoms with Crippen LogP contribution in [0.2, 0.25) is 0 Å². The van der Waals surface area contributed by atoms with Gasteiger partial charge in [-0.3, -0.25) is 4.98 Å². The lowest BCUT2D eigenvalue weighted by Gasteiger charge is -2.40. The van der Waals surface area contributed by atoms with Crippen LogP contribution < -0.4 is 4.74 Å². The molecule has 0 N–H and O–H groups in total. The van der Waals surface area contributed by atoms with Gasteiger partial charge in [0.15, 0.2) is 11.6 Å². The van der Waals surface area contributed by atoms with Crippen molar-refractivity contribution < 1.29 is 4.74 Å². The molecule has 1 aliphatic heterocycles. The SMILES string of the molecule is CC1(c2nc(-c3ccccc3)nc(-c3ccc(-c4cccc5c4Oc4ccccc4C54c5ccccc5-c5ccccc54)nc3)n2)C=CC=CC1. The molecule has 0 saturated heterocycles. The van der Waals surface area contributed by atoms with Crippen molar-refractivity contribution in [3.05, 3.63) is 192 Å². The zero-order valence-corrected chi connectivity index (χ0v) is 28.0.